The molecule has 0 aliphatic carbocycles. The van der Waals surface area contributed by atoms with E-state index in [-0.39, 0.29) is 31.3 Å². The van der Waals surface area contributed by atoms with Crippen LogP contribution in [0.5, 0.6) is 0 Å². The molecule has 2 rings (SSSR count). The van der Waals surface area contributed by atoms with Crippen LogP contribution < -0.4 is 16.0 Å². The van der Waals surface area contributed by atoms with Crippen LogP contribution in [-0.4, -0.2) is 47.4 Å². The van der Waals surface area contributed by atoms with Crippen molar-refractivity contribution in [3.05, 3.63) is 71.8 Å². The lowest BCUT2D eigenvalue weighted by molar-refractivity contribution is -0.125. The Hall–Kier alpha value is -3.55. The molecule has 0 saturated carbocycles. The van der Waals surface area contributed by atoms with Gasteiger partial charge in [0.05, 0.1) is 6.04 Å². The van der Waals surface area contributed by atoms with Crippen LogP contribution in [0.15, 0.2) is 60.7 Å². The molecule has 0 spiro atoms. The summed E-state index contributed by atoms with van der Waals surface area (Å²) in [6.45, 7) is 0.182. The van der Waals surface area contributed by atoms with Gasteiger partial charge in [-0.25, -0.2) is 9.59 Å². The van der Waals surface area contributed by atoms with Crippen LogP contribution in [0.1, 0.15) is 30.4 Å². The zero-order valence-electron chi connectivity index (χ0n) is 18.0. The van der Waals surface area contributed by atoms with Crippen LogP contribution in [0.4, 0.5) is 9.59 Å². The topological polar surface area (TPSA) is 128 Å². The van der Waals surface area contributed by atoms with Crippen molar-refractivity contribution >= 4 is 18.1 Å². The van der Waals surface area contributed by atoms with E-state index >= 15 is 0 Å². The van der Waals surface area contributed by atoms with Gasteiger partial charge in [0.15, 0.2) is 0 Å². The van der Waals surface area contributed by atoms with Gasteiger partial charge in [0.2, 0.25) is 5.91 Å². The van der Waals surface area contributed by atoms with Gasteiger partial charge in [0.1, 0.15) is 0 Å². The second kappa shape index (κ2) is 13.7. The molecule has 2 aromatic carbocycles. The number of hydrogen-bond acceptors (Lipinski definition) is 3. The van der Waals surface area contributed by atoms with E-state index in [0.717, 1.165) is 24.0 Å². The summed E-state index contributed by atoms with van der Waals surface area (Å²) >= 11 is 0. The predicted octanol–water partition coefficient (Wildman–Crippen LogP) is 3.28. The minimum atomic E-state index is -1.22. The average Bonchev–Trinajstić information content (AvgIpc) is 2.78. The van der Waals surface area contributed by atoms with Crippen molar-refractivity contribution in [1.29, 1.82) is 0 Å². The first-order chi connectivity index (χ1) is 15.4. The van der Waals surface area contributed by atoms with Crippen molar-refractivity contribution in [2.45, 2.75) is 38.1 Å². The SMILES string of the molecule is O=C(O)NCC[C@@H](CNC(=O)C(CCc1ccccc1)CCc1ccccc1)NC(=O)O. The van der Waals surface area contributed by atoms with Gasteiger partial charge in [-0.2, -0.15) is 0 Å². The summed E-state index contributed by atoms with van der Waals surface area (Å²) in [6, 6.07) is 19.4. The van der Waals surface area contributed by atoms with E-state index in [2.05, 4.69) is 16.0 Å². The highest BCUT2D eigenvalue weighted by atomic mass is 16.4. The molecule has 2 aromatic rings. The predicted molar refractivity (Wildman–Crippen MR) is 122 cm³/mol. The highest BCUT2D eigenvalue weighted by Crippen LogP contribution is 2.17. The Morgan fingerprint density at radius 2 is 1.25 bits per heavy atom. The number of hydrogen-bond donors (Lipinski definition) is 5. The highest BCUT2D eigenvalue weighted by Gasteiger charge is 2.20. The van der Waals surface area contributed by atoms with E-state index in [1.807, 2.05) is 60.7 Å². The normalized spacial score (nSPS) is 11.5. The van der Waals surface area contributed by atoms with Crippen LogP contribution in [-0.2, 0) is 17.6 Å². The van der Waals surface area contributed by atoms with Crippen LogP contribution in [0.2, 0.25) is 0 Å². The molecule has 0 bridgehead atoms. The number of carboxylic acid groups (broad SMARTS) is 2. The molecule has 32 heavy (non-hydrogen) atoms. The summed E-state index contributed by atoms with van der Waals surface area (Å²) in [5.41, 5.74) is 2.32. The number of aryl methyl sites for hydroxylation is 2. The number of carbonyl (C=O) groups is 3. The minimum absolute atomic E-state index is 0.0849. The Balaban J connectivity index is 1.95. The standard InChI is InChI=1S/C24H31N3O5/c28-22(26-17-21(27-24(31)32)15-16-25-23(29)30)20(13-11-18-7-3-1-4-8-18)14-12-19-9-5-2-6-10-19/h1-10,20-21,25,27H,11-17H2,(H,26,28)(H,29,30)(H,31,32)/t21-/m0/s1. The van der Waals surface area contributed by atoms with Crippen molar-refractivity contribution in [3.63, 3.8) is 0 Å². The Labute approximate surface area is 188 Å². The number of nitrogens with one attached hydrogen (secondary N) is 3. The van der Waals surface area contributed by atoms with Gasteiger partial charge in [0, 0.05) is 19.0 Å². The molecule has 0 radical (unpaired) electrons. The number of amides is 3. The fourth-order valence-corrected chi connectivity index (χ4v) is 3.50. The zero-order valence-corrected chi connectivity index (χ0v) is 18.0. The Bertz CT molecular complexity index is 802. The van der Waals surface area contributed by atoms with Crippen molar-refractivity contribution in [1.82, 2.24) is 16.0 Å². The third-order valence-electron chi connectivity index (χ3n) is 5.24. The molecule has 0 saturated heterocycles. The smallest absolute Gasteiger partial charge is 0.404 e. The second-order valence-electron chi connectivity index (χ2n) is 7.66. The fraction of sp³-hybridized carbons (Fsp3) is 0.375. The molecular weight excluding hydrogens is 410 g/mol. The molecule has 0 heterocycles. The van der Waals surface area contributed by atoms with Crippen molar-refractivity contribution in [3.8, 4) is 0 Å². The molecular formula is C24H31N3O5. The van der Waals surface area contributed by atoms with Crippen LogP contribution in [0.3, 0.4) is 0 Å². The van der Waals surface area contributed by atoms with Crippen LogP contribution >= 0.6 is 0 Å². The first-order valence-electron chi connectivity index (χ1n) is 10.8. The van der Waals surface area contributed by atoms with E-state index in [0.29, 0.717) is 12.8 Å². The lowest BCUT2D eigenvalue weighted by Crippen LogP contribution is -2.46. The van der Waals surface area contributed by atoms with Gasteiger partial charge in [-0.1, -0.05) is 60.7 Å². The molecule has 8 nitrogen and oxygen atoms in total. The summed E-state index contributed by atoms with van der Waals surface area (Å²) in [6.07, 6.45) is 0.743. The van der Waals surface area contributed by atoms with Crippen molar-refractivity contribution in [2.75, 3.05) is 13.1 Å². The highest BCUT2D eigenvalue weighted by molar-refractivity contribution is 5.78. The van der Waals surface area contributed by atoms with E-state index < -0.39 is 18.2 Å². The molecule has 0 aliphatic heterocycles. The second-order valence-corrected chi connectivity index (χ2v) is 7.66. The van der Waals surface area contributed by atoms with Crippen LogP contribution in [0.25, 0.3) is 0 Å². The van der Waals surface area contributed by atoms with E-state index in [9.17, 15) is 14.4 Å². The van der Waals surface area contributed by atoms with Crippen molar-refractivity contribution < 1.29 is 24.6 Å². The first kappa shape index (κ1) is 24.7. The fourth-order valence-electron chi connectivity index (χ4n) is 3.50. The Morgan fingerprint density at radius 1 is 0.719 bits per heavy atom. The lowest BCUT2D eigenvalue weighted by Gasteiger charge is -2.21. The quantitative estimate of drug-likeness (QED) is 0.326. The van der Waals surface area contributed by atoms with Crippen LogP contribution in [0, 0.1) is 5.92 Å². The van der Waals surface area contributed by atoms with Gasteiger partial charge in [-0.05, 0) is 43.2 Å². The van der Waals surface area contributed by atoms with E-state index in [1.54, 1.807) is 0 Å². The molecule has 0 aliphatic rings. The molecule has 172 valence electrons. The number of benzene rings is 2. The largest absolute Gasteiger partial charge is 0.465 e. The molecule has 1 atom stereocenters. The van der Waals surface area contributed by atoms with Crippen molar-refractivity contribution in [2.24, 2.45) is 5.92 Å². The minimum Gasteiger partial charge on any atom is -0.465 e. The van der Waals surface area contributed by atoms with E-state index in [1.165, 1.54) is 0 Å². The third-order valence-corrected chi connectivity index (χ3v) is 5.24. The monoisotopic (exact) mass is 441 g/mol. The number of rotatable bonds is 13. The maximum Gasteiger partial charge on any atom is 0.404 e. The molecule has 0 fully saturated rings. The van der Waals surface area contributed by atoms with Gasteiger partial charge < -0.3 is 26.2 Å². The lowest BCUT2D eigenvalue weighted by atomic mass is 9.92. The molecule has 8 heteroatoms. The Kier molecular flexibility index (Phi) is 10.6. The van der Waals surface area contributed by atoms with Gasteiger partial charge in [-0.15, -0.1) is 0 Å². The maximum atomic E-state index is 13.0. The first-order valence-corrected chi connectivity index (χ1v) is 10.8. The molecule has 5 N–H and O–H groups in total. The maximum absolute atomic E-state index is 13.0. The average molecular weight is 442 g/mol. The summed E-state index contributed by atoms with van der Waals surface area (Å²) in [4.78, 5) is 34.6. The number of carbonyl (C=O) groups excluding carboxylic acids is 1. The van der Waals surface area contributed by atoms with Gasteiger partial charge >= 0.3 is 12.2 Å². The zero-order chi connectivity index (χ0) is 23.2. The van der Waals surface area contributed by atoms with E-state index in [4.69, 9.17) is 10.2 Å². The van der Waals surface area contributed by atoms with Gasteiger partial charge in [0.25, 0.3) is 0 Å². The summed E-state index contributed by atoms with van der Waals surface area (Å²) in [5, 5.41) is 25.1. The summed E-state index contributed by atoms with van der Waals surface area (Å²) in [7, 11) is 0. The molecule has 0 unspecified atom stereocenters. The Morgan fingerprint density at radius 3 is 1.72 bits per heavy atom. The summed E-state index contributed by atoms with van der Waals surface area (Å²) in [5.74, 6) is -0.349. The molecule has 3 amide bonds. The summed E-state index contributed by atoms with van der Waals surface area (Å²) < 4.78 is 0. The molecule has 0 aromatic heterocycles. The third kappa shape index (κ3) is 9.97. The van der Waals surface area contributed by atoms with Gasteiger partial charge in [-0.3, -0.25) is 4.79 Å².